The molecule has 2 aromatic rings. The van der Waals surface area contributed by atoms with Crippen molar-refractivity contribution in [2.45, 2.75) is 0 Å². The van der Waals surface area contributed by atoms with Gasteiger partial charge in [-0.1, -0.05) is 22.9 Å². The van der Waals surface area contributed by atoms with Crippen LogP contribution in [0.15, 0.2) is 22.1 Å². The molecule has 0 N–H and O–H groups in total. The average Bonchev–Trinajstić information content (AvgIpc) is 2.65. The van der Waals surface area contributed by atoms with E-state index in [9.17, 15) is 0 Å². The molecule has 1 aromatic carbocycles. The molecule has 0 saturated heterocycles. The molecule has 0 aliphatic rings. The smallest absolute Gasteiger partial charge is 0.183 e. The van der Waals surface area contributed by atoms with E-state index in [1.54, 1.807) is 13.2 Å². The van der Waals surface area contributed by atoms with Gasteiger partial charge in [-0.05, 0) is 34.1 Å². The van der Waals surface area contributed by atoms with Crippen molar-refractivity contribution in [2.24, 2.45) is 0 Å². The van der Waals surface area contributed by atoms with E-state index in [-0.39, 0.29) is 0 Å². The summed E-state index contributed by atoms with van der Waals surface area (Å²) in [7, 11) is 1.61. The van der Waals surface area contributed by atoms with Crippen molar-refractivity contribution in [3.63, 3.8) is 0 Å². The number of benzene rings is 1. The molecule has 0 aliphatic heterocycles. The topological polar surface area (TPSA) is 35.0 Å². The molecule has 0 amide bonds. The van der Waals surface area contributed by atoms with Crippen LogP contribution in [0.1, 0.15) is 0 Å². The van der Waals surface area contributed by atoms with Crippen LogP contribution in [0.2, 0.25) is 5.02 Å². The Labute approximate surface area is 104 Å². The Bertz CT molecular complexity index is 489. The molecule has 0 radical (unpaired) electrons. The SMILES string of the molecule is COc1ccc(Cl)cc1-c1nnc(Br)s1. The molecule has 0 fully saturated rings. The standard InChI is InChI=1S/C9H6BrClN2OS/c1-14-7-3-2-5(11)4-6(7)8-12-13-9(10)15-8/h2-4H,1H3. The van der Waals surface area contributed by atoms with Gasteiger partial charge in [0.2, 0.25) is 0 Å². The average molecular weight is 306 g/mol. The van der Waals surface area contributed by atoms with E-state index in [0.29, 0.717) is 5.02 Å². The van der Waals surface area contributed by atoms with E-state index in [4.69, 9.17) is 16.3 Å². The minimum atomic E-state index is 0.650. The third-order valence-electron chi connectivity index (χ3n) is 1.79. The van der Waals surface area contributed by atoms with E-state index in [2.05, 4.69) is 26.1 Å². The summed E-state index contributed by atoms with van der Waals surface area (Å²) >= 11 is 10.6. The molecule has 0 spiro atoms. The number of aromatic nitrogens is 2. The monoisotopic (exact) mass is 304 g/mol. The molecule has 1 heterocycles. The van der Waals surface area contributed by atoms with Gasteiger partial charge >= 0.3 is 0 Å². The van der Waals surface area contributed by atoms with E-state index < -0.39 is 0 Å². The predicted octanol–water partition coefficient (Wildman–Crippen LogP) is 3.63. The van der Waals surface area contributed by atoms with Gasteiger partial charge in [-0.25, -0.2) is 0 Å². The fourth-order valence-electron chi connectivity index (χ4n) is 1.16. The Morgan fingerprint density at radius 3 is 2.80 bits per heavy atom. The minimum absolute atomic E-state index is 0.650. The van der Waals surface area contributed by atoms with Gasteiger partial charge in [0.15, 0.2) is 8.92 Å². The Morgan fingerprint density at radius 1 is 1.40 bits per heavy atom. The van der Waals surface area contributed by atoms with Crippen molar-refractivity contribution < 1.29 is 4.74 Å². The summed E-state index contributed by atoms with van der Waals surface area (Å²) in [6, 6.07) is 5.40. The van der Waals surface area contributed by atoms with Crippen molar-refractivity contribution in [1.82, 2.24) is 10.2 Å². The molecule has 15 heavy (non-hydrogen) atoms. The van der Waals surface area contributed by atoms with Crippen molar-refractivity contribution in [3.8, 4) is 16.3 Å². The second-order valence-corrected chi connectivity index (χ2v) is 5.39. The highest BCUT2D eigenvalue weighted by atomic mass is 79.9. The van der Waals surface area contributed by atoms with Crippen LogP contribution < -0.4 is 4.74 Å². The highest BCUT2D eigenvalue weighted by Crippen LogP contribution is 2.35. The number of ether oxygens (including phenoxy) is 1. The Morgan fingerprint density at radius 2 is 2.20 bits per heavy atom. The van der Waals surface area contributed by atoms with Gasteiger partial charge in [-0.15, -0.1) is 10.2 Å². The minimum Gasteiger partial charge on any atom is -0.496 e. The first kappa shape index (κ1) is 10.9. The van der Waals surface area contributed by atoms with Crippen LogP contribution in [-0.2, 0) is 0 Å². The van der Waals surface area contributed by atoms with Gasteiger partial charge in [-0.3, -0.25) is 0 Å². The zero-order valence-electron chi connectivity index (χ0n) is 7.70. The summed E-state index contributed by atoms with van der Waals surface area (Å²) in [5, 5.41) is 9.33. The molecular weight excluding hydrogens is 300 g/mol. The van der Waals surface area contributed by atoms with E-state index >= 15 is 0 Å². The molecule has 78 valence electrons. The fourth-order valence-corrected chi connectivity index (χ4v) is 2.47. The van der Waals surface area contributed by atoms with Crippen molar-refractivity contribution in [2.75, 3.05) is 7.11 Å². The molecule has 0 saturated carbocycles. The van der Waals surface area contributed by atoms with Crippen LogP contribution in [0, 0.1) is 0 Å². The van der Waals surface area contributed by atoms with E-state index in [0.717, 1.165) is 20.2 Å². The zero-order valence-corrected chi connectivity index (χ0v) is 10.9. The normalized spacial score (nSPS) is 10.3. The first-order valence-corrected chi connectivity index (χ1v) is 6.02. The molecule has 6 heteroatoms. The molecule has 0 unspecified atom stereocenters. The summed E-state index contributed by atoms with van der Waals surface area (Å²) < 4.78 is 5.96. The molecule has 0 aliphatic carbocycles. The van der Waals surface area contributed by atoms with Gasteiger partial charge in [0, 0.05) is 5.02 Å². The second-order valence-electron chi connectivity index (χ2n) is 2.70. The van der Waals surface area contributed by atoms with Crippen molar-refractivity contribution >= 4 is 38.9 Å². The first-order valence-electron chi connectivity index (χ1n) is 4.03. The quantitative estimate of drug-likeness (QED) is 0.850. The van der Waals surface area contributed by atoms with Crippen LogP contribution in [-0.4, -0.2) is 17.3 Å². The summed E-state index contributed by atoms with van der Waals surface area (Å²) in [5.74, 6) is 0.739. The third kappa shape index (κ3) is 2.30. The first-order chi connectivity index (χ1) is 7.20. The lowest BCUT2D eigenvalue weighted by atomic mass is 10.2. The van der Waals surface area contributed by atoms with E-state index in [1.807, 2.05) is 12.1 Å². The van der Waals surface area contributed by atoms with Gasteiger partial charge in [-0.2, -0.15) is 0 Å². The van der Waals surface area contributed by atoms with Gasteiger partial charge in [0.25, 0.3) is 0 Å². The largest absolute Gasteiger partial charge is 0.496 e. The fraction of sp³-hybridized carbons (Fsp3) is 0.111. The maximum absolute atomic E-state index is 5.92. The number of hydrogen-bond acceptors (Lipinski definition) is 4. The molecular formula is C9H6BrClN2OS. The van der Waals surface area contributed by atoms with Crippen LogP contribution in [0.25, 0.3) is 10.6 Å². The van der Waals surface area contributed by atoms with Gasteiger partial charge < -0.3 is 4.74 Å². The molecule has 2 rings (SSSR count). The van der Waals surface area contributed by atoms with Crippen molar-refractivity contribution in [1.29, 1.82) is 0 Å². The lowest BCUT2D eigenvalue weighted by Gasteiger charge is -2.05. The highest BCUT2D eigenvalue weighted by Gasteiger charge is 2.11. The van der Waals surface area contributed by atoms with Gasteiger partial charge in [0.05, 0.1) is 12.7 Å². The lowest BCUT2D eigenvalue weighted by molar-refractivity contribution is 0.416. The second kappa shape index (κ2) is 4.47. The summed E-state index contributed by atoms with van der Waals surface area (Å²) in [6.07, 6.45) is 0. The summed E-state index contributed by atoms with van der Waals surface area (Å²) in [6.45, 7) is 0. The maximum atomic E-state index is 5.92. The Hall–Kier alpha value is -0.650. The van der Waals surface area contributed by atoms with Crippen LogP contribution in [0.5, 0.6) is 5.75 Å². The molecule has 0 bridgehead atoms. The van der Waals surface area contributed by atoms with Crippen LogP contribution >= 0.6 is 38.9 Å². The molecule has 3 nitrogen and oxygen atoms in total. The Kier molecular flexibility index (Phi) is 3.23. The van der Waals surface area contributed by atoms with Crippen molar-refractivity contribution in [3.05, 3.63) is 27.1 Å². The number of halogens is 2. The maximum Gasteiger partial charge on any atom is 0.183 e. The van der Waals surface area contributed by atoms with Crippen LogP contribution in [0.4, 0.5) is 0 Å². The van der Waals surface area contributed by atoms with Crippen LogP contribution in [0.3, 0.4) is 0 Å². The third-order valence-corrected chi connectivity index (χ3v) is 3.42. The highest BCUT2D eigenvalue weighted by molar-refractivity contribution is 9.11. The van der Waals surface area contributed by atoms with E-state index in [1.165, 1.54) is 11.3 Å². The Balaban J connectivity index is 2.55. The van der Waals surface area contributed by atoms with Gasteiger partial charge in [0.1, 0.15) is 5.75 Å². The zero-order chi connectivity index (χ0) is 10.8. The number of rotatable bonds is 2. The molecule has 0 atom stereocenters. The number of methoxy groups -OCH3 is 1. The summed E-state index contributed by atoms with van der Waals surface area (Å²) in [4.78, 5) is 0. The molecule has 1 aromatic heterocycles. The number of hydrogen-bond donors (Lipinski definition) is 0. The lowest BCUT2D eigenvalue weighted by Crippen LogP contribution is -1.87. The summed E-state index contributed by atoms with van der Waals surface area (Å²) in [5.41, 5.74) is 0.855. The predicted molar refractivity (Wildman–Crippen MR) is 64.6 cm³/mol. The number of nitrogens with zero attached hydrogens (tertiary/aromatic N) is 2.